The van der Waals surface area contributed by atoms with E-state index in [-0.39, 0.29) is 12.6 Å². The van der Waals surface area contributed by atoms with Crippen molar-refractivity contribution in [3.8, 4) is 23.8 Å². The van der Waals surface area contributed by atoms with Crippen LogP contribution < -0.4 is 14.8 Å². The average Bonchev–Trinajstić information content (AvgIpc) is 2.34. The van der Waals surface area contributed by atoms with Gasteiger partial charge in [0.1, 0.15) is 18.1 Å². The van der Waals surface area contributed by atoms with Gasteiger partial charge in [0.15, 0.2) is 0 Å². The van der Waals surface area contributed by atoms with Crippen molar-refractivity contribution in [3.05, 3.63) is 23.8 Å². The van der Waals surface area contributed by atoms with E-state index in [1.807, 2.05) is 25.2 Å². The Hall–Kier alpha value is -1.66. The quantitative estimate of drug-likeness (QED) is 0.768. The van der Waals surface area contributed by atoms with Crippen LogP contribution in [0.2, 0.25) is 0 Å². The predicted octanol–water partition coefficient (Wildman–Crippen LogP) is 1.99. The van der Waals surface area contributed by atoms with Crippen molar-refractivity contribution in [3.63, 3.8) is 0 Å². The Morgan fingerprint density at radius 1 is 1.50 bits per heavy atom. The normalized spacial score (nSPS) is 11.6. The summed E-state index contributed by atoms with van der Waals surface area (Å²) in [4.78, 5) is 0. The number of rotatable bonds is 5. The molecule has 0 amide bonds. The van der Waals surface area contributed by atoms with E-state index in [1.54, 1.807) is 7.11 Å². The van der Waals surface area contributed by atoms with E-state index >= 15 is 0 Å². The van der Waals surface area contributed by atoms with Crippen LogP contribution in [0.5, 0.6) is 11.5 Å². The van der Waals surface area contributed by atoms with Crippen LogP contribution in [0.15, 0.2) is 18.2 Å². The number of methoxy groups -OCH3 is 1. The second-order valence-electron chi connectivity index (χ2n) is 3.41. The fraction of sp³-hybridized carbons (Fsp3) is 0.385. The van der Waals surface area contributed by atoms with Crippen molar-refractivity contribution >= 4 is 0 Å². The monoisotopic (exact) mass is 219 g/mol. The summed E-state index contributed by atoms with van der Waals surface area (Å²) < 4.78 is 10.6. The standard InChI is InChI=1S/C13H17NO2/c1-5-8-16-13-9-11(15-4)6-7-12(13)10(2)14-3/h1,6-7,9-10,14H,8H2,2-4H3. The van der Waals surface area contributed by atoms with Crippen LogP contribution in [0.1, 0.15) is 18.5 Å². The van der Waals surface area contributed by atoms with Gasteiger partial charge in [-0.3, -0.25) is 0 Å². The molecule has 1 aromatic carbocycles. The maximum atomic E-state index is 5.50. The smallest absolute Gasteiger partial charge is 0.148 e. The summed E-state index contributed by atoms with van der Waals surface area (Å²) in [7, 11) is 3.53. The predicted molar refractivity (Wildman–Crippen MR) is 64.8 cm³/mol. The van der Waals surface area contributed by atoms with E-state index in [4.69, 9.17) is 15.9 Å². The molecule has 0 spiro atoms. The second-order valence-corrected chi connectivity index (χ2v) is 3.41. The molecule has 0 fully saturated rings. The molecule has 16 heavy (non-hydrogen) atoms. The first-order chi connectivity index (χ1) is 7.72. The Labute approximate surface area is 96.8 Å². The van der Waals surface area contributed by atoms with E-state index in [2.05, 4.69) is 18.2 Å². The fourth-order valence-electron chi connectivity index (χ4n) is 1.40. The van der Waals surface area contributed by atoms with Crippen molar-refractivity contribution in [1.29, 1.82) is 0 Å². The summed E-state index contributed by atoms with van der Waals surface area (Å²) in [6.07, 6.45) is 5.18. The van der Waals surface area contributed by atoms with Crippen LogP contribution in [0.4, 0.5) is 0 Å². The van der Waals surface area contributed by atoms with Gasteiger partial charge in [0, 0.05) is 17.7 Å². The van der Waals surface area contributed by atoms with Gasteiger partial charge in [-0.2, -0.15) is 0 Å². The maximum Gasteiger partial charge on any atom is 0.148 e. The fourth-order valence-corrected chi connectivity index (χ4v) is 1.40. The van der Waals surface area contributed by atoms with Gasteiger partial charge in [-0.1, -0.05) is 12.0 Å². The molecule has 3 heteroatoms. The number of hydrogen-bond acceptors (Lipinski definition) is 3. The van der Waals surface area contributed by atoms with Gasteiger partial charge >= 0.3 is 0 Å². The highest BCUT2D eigenvalue weighted by Crippen LogP contribution is 2.29. The number of hydrogen-bond donors (Lipinski definition) is 1. The molecule has 0 aliphatic heterocycles. The SMILES string of the molecule is C#CCOc1cc(OC)ccc1C(C)NC. The first-order valence-electron chi connectivity index (χ1n) is 5.14. The van der Waals surface area contributed by atoms with E-state index in [0.717, 1.165) is 17.1 Å². The molecule has 0 bridgehead atoms. The highest BCUT2D eigenvalue weighted by molar-refractivity contribution is 5.42. The van der Waals surface area contributed by atoms with Gasteiger partial charge in [0.25, 0.3) is 0 Å². The second kappa shape index (κ2) is 6.04. The third-order valence-corrected chi connectivity index (χ3v) is 2.43. The lowest BCUT2D eigenvalue weighted by Gasteiger charge is -2.16. The van der Waals surface area contributed by atoms with E-state index in [9.17, 15) is 0 Å². The van der Waals surface area contributed by atoms with Crippen molar-refractivity contribution in [2.45, 2.75) is 13.0 Å². The van der Waals surface area contributed by atoms with Crippen molar-refractivity contribution in [2.75, 3.05) is 20.8 Å². The molecule has 1 aromatic rings. The molecule has 1 rings (SSSR count). The van der Waals surface area contributed by atoms with Crippen LogP contribution >= 0.6 is 0 Å². The van der Waals surface area contributed by atoms with E-state index in [0.29, 0.717) is 0 Å². The minimum Gasteiger partial charge on any atom is -0.497 e. The Morgan fingerprint density at radius 3 is 2.81 bits per heavy atom. The van der Waals surface area contributed by atoms with Crippen LogP contribution in [0, 0.1) is 12.3 Å². The molecular weight excluding hydrogens is 202 g/mol. The number of benzene rings is 1. The molecule has 86 valence electrons. The van der Waals surface area contributed by atoms with Gasteiger partial charge < -0.3 is 14.8 Å². The van der Waals surface area contributed by atoms with Crippen LogP contribution in [0.25, 0.3) is 0 Å². The van der Waals surface area contributed by atoms with E-state index < -0.39 is 0 Å². The lowest BCUT2D eigenvalue weighted by molar-refractivity contribution is 0.355. The molecule has 0 radical (unpaired) electrons. The zero-order valence-corrected chi connectivity index (χ0v) is 9.91. The number of ether oxygens (including phenoxy) is 2. The Bertz CT molecular complexity index is 382. The lowest BCUT2D eigenvalue weighted by atomic mass is 10.1. The molecule has 0 aliphatic carbocycles. The Morgan fingerprint density at radius 2 is 2.25 bits per heavy atom. The Kier molecular flexibility index (Phi) is 4.68. The summed E-state index contributed by atoms with van der Waals surface area (Å²) in [6.45, 7) is 2.32. The zero-order valence-electron chi connectivity index (χ0n) is 9.91. The first-order valence-corrected chi connectivity index (χ1v) is 5.14. The highest BCUT2D eigenvalue weighted by Gasteiger charge is 2.10. The van der Waals surface area contributed by atoms with Crippen molar-refractivity contribution in [2.24, 2.45) is 0 Å². The van der Waals surface area contributed by atoms with E-state index in [1.165, 1.54) is 0 Å². The Balaban J connectivity index is 3.01. The number of terminal acetylenes is 1. The molecule has 0 aliphatic rings. The summed E-state index contributed by atoms with van der Waals surface area (Å²) in [6, 6.07) is 5.94. The van der Waals surface area contributed by atoms with Gasteiger partial charge in [-0.15, -0.1) is 6.42 Å². The van der Waals surface area contributed by atoms with Gasteiger partial charge in [0.2, 0.25) is 0 Å². The molecule has 0 saturated carbocycles. The topological polar surface area (TPSA) is 30.5 Å². The summed E-state index contributed by atoms with van der Waals surface area (Å²) >= 11 is 0. The summed E-state index contributed by atoms with van der Waals surface area (Å²) in [5.74, 6) is 3.98. The molecule has 0 aromatic heterocycles. The van der Waals surface area contributed by atoms with Crippen LogP contribution in [-0.4, -0.2) is 20.8 Å². The minimum absolute atomic E-state index is 0.207. The van der Waals surface area contributed by atoms with Gasteiger partial charge in [-0.05, 0) is 20.0 Å². The molecule has 3 nitrogen and oxygen atoms in total. The third kappa shape index (κ3) is 2.91. The van der Waals surface area contributed by atoms with Crippen molar-refractivity contribution < 1.29 is 9.47 Å². The van der Waals surface area contributed by atoms with Crippen molar-refractivity contribution in [1.82, 2.24) is 5.32 Å². The first kappa shape index (κ1) is 12.4. The summed E-state index contributed by atoms with van der Waals surface area (Å²) in [5.41, 5.74) is 1.07. The third-order valence-electron chi connectivity index (χ3n) is 2.43. The van der Waals surface area contributed by atoms with Crippen LogP contribution in [0.3, 0.4) is 0 Å². The lowest BCUT2D eigenvalue weighted by Crippen LogP contribution is -2.14. The molecule has 1 unspecified atom stereocenters. The maximum absolute atomic E-state index is 5.50. The number of nitrogens with one attached hydrogen (secondary N) is 1. The average molecular weight is 219 g/mol. The molecule has 1 atom stereocenters. The molecular formula is C13H17NO2. The van der Waals surface area contributed by atoms with Gasteiger partial charge in [0.05, 0.1) is 7.11 Å². The highest BCUT2D eigenvalue weighted by atomic mass is 16.5. The molecule has 0 heterocycles. The summed E-state index contributed by atoms with van der Waals surface area (Å²) in [5, 5.41) is 3.16. The molecule has 0 saturated heterocycles. The molecule has 1 N–H and O–H groups in total. The van der Waals surface area contributed by atoms with Crippen LogP contribution in [-0.2, 0) is 0 Å². The largest absolute Gasteiger partial charge is 0.497 e. The van der Waals surface area contributed by atoms with Gasteiger partial charge in [-0.25, -0.2) is 0 Å². The minimum atomic E-state index is 0.207. The zero-order chi connectivity index (χ0) is 12.0.